The minimum absolute atomic E-state index is 0.0827. The molecular weight excluding hydrogens is 412 g/mol. The number of amides is 1. The Balaban J connectivity index is 1.68. The van der Waals surface area contributed by atoms with Gasteiger partial charge in [0.1, 0.15) is 0 Å². The van der Waals surface area contributed by atoms with Gasteiger partial charge in [-0.2, -0.15) is 0 Å². The van der Waals surface area contributed by atoms with Gasteiger partial charge in [0.25, 0.3) is 0 Å². The van der Waals surface area contributed by atoms with Crippen molar-refractivity contribution in [2.75, 3.05) is 11.1 Å². The van der Waals surface area contributed by atoms with Crippen LogP contribution in [0.4, 0.5) is 5.69 Å². The maximum Gasteiger partial charge on any atom is 0.234 e. The summed E-state index contributed by atoms with van der Waals surface area (Å²) >= 11 is 9.04. The molecule has 148 valence electrons. The summed E-state index contributed by atoms with van der Waals surface area (Å²) in [6, 6.07) is 9.27. The number of nitrogens with zero attached hydrogens (tertiary/aromatic N) is 3. The molecule has 0 radical (unpaired) electrons. The van der Waals surface area contributed by atoms with E-state index in [0.29, 0.717) is 5.02 Å². The standard InChI is InChI=1S/C20H23ClN4OS2/c1-3-5-17-11-14(12-27-17)19-23-24-20(25(19)10-4-2)28-13-18(26)22-16-8-6-15(21)7-9-16/h6-9,11-12H,3-5,10,13H2,1-2H3,(H,22,26). The second-order valence-electron chi connectivity index (χ2n) is 6.35. The third-order valence-electron chi connectivity index (χ3n) is 4.03. The minimum Gasteiger partial charge on any atom is -0.325 e. The minimum atomic E-state index is -0.0827. The maximum atomic E-state index is 12.3. The van der Waals surface area contributed by atoms with Gasteiger partial charge in [0, 0.05) is 33.1 Å². The van der Waals surface area contributed by atoms with Crippen LogP contribution in [0.5, 0.6) is 0 Å². The summed E-state index contributed by atoms with van der Waals surface area (Å²) < 4.78 is 2.11. The Labute approximate surface area is 178 Å². The molecule has 1 amide bonds. The number of thioether (sulfide) groups is 1. The number of carbonyl (C=O) groups excluding carboxylic acids is 1. The molecule has 0 aliphatic heterocycles. The number of aryl methyl sites for hydroxylation is 1. The predicted octanol–water partition coefficient (Wildman–Crippen LogP) is 5.75. The Hall–Kier alpha value is -1.83. The van der Waals surface area contributed by atoms with Crippen molar-refractivity contribution < 1.29 is 4.79 Å². The van der Waals surface area contributed by atoms with Crippen LogP contribution in [0.2, 0.25) is 5.02 Å². The number of nitrogens with one attached hydrogen (secondary N) is 1. The van der Waals surface area contributed by atoms with Gasteiger partial charge in [-0.15, -0.1) is 21.5 Å². The van der Waals surface area contributed by atoms with Gasteiger partial charge < -0.3 is 9.88 Å². The molecule has 0 spiro atoms. The van der Waals surface area contributed by atoms with Crippen LogP contribution in [0, 0.1) is 0 Å². The van der Waals surface area contributed by atoms with Crippen molar-refractivity contribution in [3.05, 3.63) is 45.6 Å². The average molecular weight is 435 g/mol. The molecule has 5 nitrogen and oxygen atoms in total. The molecular formula is C20H23ClN4OS2. The van der Waals surface area contributed by atoms with Crippen LogP contribution in [-0.4, -0.2) is 26.4 Å². The highest BCUT2D eigenvalue weighted by atomic mass is 35.5. The molecule has 3 aromatic rings. The summed E-state index contributed by atoms with van der Waals surface area (Å²) in [6.45, 7) is 5.13. The molecule has 1 aromatic carbocycles. The zero-order valence-electron chi connectivity index (χ0n) is 15.9. The average Bonchev–Trinajstić information content (AvgIpc) is 3.29. The molecule has 0 aliphatic rings. The highest BCUT2D eigenvalue weighted by Crippen LogP contribution is 2.28. The van der Waals surface area contributed by atoms with Gasteiger partial charge in [-0.05, 0) is 43.2 Å². The van der Waals surface area contributed by atoms with Crippen molar-refractivity contribution in [3.63, 3.8) is 0 Å². The molecule has 28 heavy (non-hydrogen) atoms. The van der Waals surface area contributed by atoms with E-state index in [4.69, 9.17) is 11.6 Å². The van der Waals surface area contributed by atoms with E-state index in [1.807, 2.05) is 0 Å². The Morgan fingerprint density at radius 3 is 2.71 bits per heavy atom. The number of anilines is 1. The maximum absolute atomic E-state index is 12.3. The van der Waals surface area contributed by atoms with Crippen molar-refractivity contribution in [1.82, 2.24) is 14.8 Å². The molecule has 8 heteroatoms. The lowest BCUT2D eigenvalue weighted by molar-refractivity contribution is -0.113. The third-order valence-corrected chi connectivity index (χ3v) is 6.25. The van der Waals surface area contributed by atoms with E-state index in [2.05, 4.69) is 45.4 Å². The highest BCUT2D eigenvalue weighted by Gasteiger charge is 2.16. The van der Waals surface area contributed by atoms with Gasteiger partial charge in [0.05, 0.1) is 5.75 Å². The van der Waals surface area contributed by atoms with Crippen LogP contribution >= 0.6 is 34.7 Å². The summed E-state index contributed by atoms with van der Waals surface area (Å²) in [7, 11) is 0. The van der Waals surface area contributed by atoms with E-state index < -0.39 is 0 Å². The number of rotatable bonds is 9. The van der Waals surface area contributed by atoms with E-state index in [9.17, 15) is 4.79 Å². The van der Waals surface area contributed by atoms with Crippen molar-refractivity contribution in [2.45, 2.75) is 44.8 Å². The first kappa shape index (κ1) is 20.9. The third kappa shape index (κ3) is 5.37. The van der Waals surface area contributed by atoms with Crippen molar-refractivity contribution >= 4 is 46.3 Å². The summed E-state index contributed by atoms with van der Waals surface area (Å²) in [5.41, 5.74) is 1.83. The van der Waals surface area contributed by atoms with Gasteiger partial charge in [0.2, 0.25) is 5.91 Å². The van der Waals surface area contributed by atoms with E-state index >= 15 is 0 Å². The summed E-state index contributed by atoms with van der Waals surface area (Å²) in [6.07, 6.45) is 3.19. The van der Waals surface area contributed by atoms with Gasteiger partial charge in [-0.25, -0.2) is 0 Å². The Morgan fingerprint density at radius 1 is 1.21 bits per heavy atom. The number of hydrogen-bond donors (Lipinski definition) is 1. The van der Waals surface area contributed by atoms with E-state index in [0.717, 1.165) is 48.0 Å². The summed E-state index contributed by atoms with van der Waals surface area (Å²) in [4.78, 5) is 13.6. The molecule has 0 bridgehead atoms. The quantitative estimate of drug-likeness (QED) is 0.435. The molecule has 0 atom stereocenters. The van der Waals surface area contributed by atoms with E-state index in [-0.39, 0.29) is 11.7 Å². The first-order valence-electron chi connectivity index (χ1n) is 9.30. The molecule has 2 aromatic heterocycles. The normalized spacial score (nSPS) is 11.0. The zero-order valence-corrected chi connectivity index (χ0v) is 18.3. The van der Waals surface area contributed by atoms with E-state index in [1.54, 1.807) is 35.6 Å². The van der Waals surface area contributed by atoms with Crippen LogP contribution in [-0.2, 0) is 17.8 Å². The lowest BCUT2D eigenvalue weighted by Gasteiger charge is -2.08. The molecule has 0 saturated heterocycles. The van der Waals surface area contributed by atoms with Crippen molar-refractivity contribution in [3.8, 4) is 11.4 Å². The second-order valence-corrected chi connectivity index (χ2v) is 8.73. The molecule has 0 fully saturated rings. The second kappa shape index (κ2) is 10.1. The van der Waals surface area contributed by atoms with Gasteiger partial charge in [-0.1, -0.05) is 43.6 Å². The summed E-state index contributed by atoms with van der Waals surface area (Å²) in [5.74, 6) is 1.07. The fraction of sp³-hybridized carbons (Fsp3) is 0.350. The number of hydrogen-bond acceptors (Lipinski definition) is 5. The van der Waals surface area contributed by atoms with Crippen LogP contribution < -0.4 is 5.32 Å². The van der Waals surface area contributed by atoms with Crippen LogP contribution in [0.25, 0.3) is 11.4 Å². The van der Waals surface area contributed by atoms with E-state index in [1.165, 1.54) is 16.6 Å². The Morgan fingerprint density at radius 2 is 2.00 bits per heavy atom. The lowest BCUT2D eigenvalue weighted by atomic mass is 10.2. The first-order valence-corrected chi connectivity index (χ1v) is 11.5. The molecule has 0 aliphatic carbocycles. The van der Waals surface area contributed by atoms with Gasteiger partial charge in [0.15, 0.2) is 11.0 Å². The number of thiophene rings is 1. The lowest BCUT2D eigenvalue weighted by Crippen LogP contribution is -2.14. The predicted molar refractivity (Wildman–Crippen MR) is 118 cm³/mol. The number of aromatic nitrogens is 3. The summed E-state index contributed by atoms with van der Waals surface area (Å²) in [5, 5.41) is 15.2. The van der Waals surface area contributed by atoms with Crippen molar-refractivity contribution in [2.24, 2.45) is 0 Å². The zero-order chi connectivity index (χ0) is 19.9. The monoisotopic (exact) mass is 434 g/mol. The Kier molecular flexibility index (Phi) is 7.53. The van der Waals surface area contributed by atoms with Crippen molar-refractivity contribution in [1.29, 1.82) is 0 Å². The molecule has 0 unspecified atom stereocenters. The Bertz CT molecular complexity index is 921. The fourth-order valence-electron chi connectivity index (χ4n) is 2.77. The smallest absolute Gasteiger partial charge is 0.234 e. The molecule has 3 rings (SSSR count). The van der Waals surface area contributed by atoms with Gasteiger partial charge in [-0.3, -0.25) is 4.79 Å². The molecule has 1 N–H and O–H groups in total. The number of halogens is 1. The highest BCUT2D eigenvalue weighted by molar-refractivity contribution is 7.99. The number of carbonyl (C=O) groups is 1. The van der Waals surface area contributed by atoms with Crippen LogP contribution in [0.15, 0.2) is 40.9 Å². The fourth-order valence-corrected chi connectivity index (χ4v) is 4.63. The topological polar surface area (TPSA) is 59.8 Å². The SMILES string of the molecule is CCCc1cc(-c2nnc(SCC(=O)Nc3ccc(Cl)cc3)n2CCC)cs1. The first-order chi connectivity index (χ1) is 13.6. The van der Waals surface area contributed by atoms with Crippen LogP contribution in [0.1, 0.15) is 31.6 Å². The van der Waals surface area contributed by atoms with Gasteiger partial charge >= 0.3 is 0 Å². The molecule has 2 heterocycles. The molecule has 0 saturated carbocycles. The number of benzene rings is 1. The largest absolute Gasteiger partial charge is 0.325 e. The van der Waals surface area contributed by atoms with Crippen LogP contribution in [0.3, 0.4) is 0 Å².